The SMILES string of the molecule is C#Cc1c(C)ccnc1C. The van der Waals surface area contributed by atoms with Gasteiger partial charge in [0.2, 0.25) is 0 Å². The first-order valence-corrected chi connectivity index (χ1v) is 3.14. The van der Waals surface area contributed by atoms with Gasteiger partial charge < -0.3 is 0 Å². The predicted molar refractivity (Wildman–Crippen MR) is 41.6 cm³/mol. The number of hydrogen-bond acceptors (Lipinski definition) is 1. The molecule has 0 aromatic carbocycles. The molecule has 0 bridgehead atoms. The zero-order chi connectivity index (χ0) is 7.56. The number of aromatic nitrogens is 1. The van der Waals surface area contributed by atoms with E-state index in [1.54, 1.807) is 6.20 Å². The third-order valence-corrected chi connectivity index (χ3v) is 1.49. The van der Waals surface area contributed by atoms with Gasteiger partial charge in [0.1, 0.15) is 0 Å². The van der Waals surface area contributed by atoms with E-state index in [2.05, 4.69) is 10.9 Å². The van der Waals surface area contributed by atoms with Gasteiger partial charge in [-0.3, -0.25) is 4.98 Å². The highest BCUT2D eigenvalue weighted by molar-refractivity contribution is 5.41. The van der Waals surface area contributed by atoms with Crippen LogP contribution in [0.25, 0.3) is 0 Å². The summed E-state index contributed by atoms with van der Waals surface area (Å²) in [7, 11) is 0. The first-order chi connectivity index (χ1) is 4.75. The summed E-state index contributed by atoms with van der Waals surface area (Å²) in [5.41, 5.74) is 2.97. The van der Waals surface area contributed by atoms with E-state index in [0.29, 0.717) is 0 Å². The van der Waals surface area contributed by atoms with Gasteiger partial charge in [-0.1, -0.05) is 5.92 Å². The van der Waals surface area contributed by atoms with Crippen LogP contribution in [0.2, 0.25) is 0 Å². The number of rotatable bonds is 0. The van der Waals surface area contributed by atoms with E-state index in [9.17, 15) is 0 Å². The van der Waals surface area contributed by atoms with Crippen LogP contribution in [0.3, 0.4) is 0 Å². The molecule has 10 heavy (non-hydrogen) atoms. The lowest BCUT2D eigenvalue weighted by Gasteiger charge is -1.98. The molecule has 0 amide bonds. The normalized spacial score (nSPS) is 8.90. The first-order valence-electron chi connectivity index (χ1n) is 3.14. The molecule has 1 heteroatoms. The van der Waals surface area contributed by atoms with Gasteiger partial charge in [-0.15, -0.1) is 6.42 Å². The Balaban J connectivity index is 3.34. The van der Waals surface area contributed by atoms with Crippen LogP contribution in [0.1, 0.15) is 16.8 Å². The number of aryl methyl sites for hydroxylation is 2. The smallest absolute Gasteiger partial charge is 0.0531 e. The van der Waals surface area contributed by atoms with Gasteiger partial charge in [0.15, 0.2) is 0 Å². The van der Waals surface area contributed by atoms with E-state index in [1.165, 1.54) is 0 Å². The summed E-state index contributed by atoms with van der Waals surface area (Å²) in [6.45, 7) is 3.91. The second kappa shape index (κ2) is 2.53. The monoisotopic (exact) mass is 131 g/mol. The molecule has 0 aliphatic rings. The highest BCUT2D eigenvalue weighted by atomic mass is 14.7. The van der Waals surface area contributed by atoms with Gasteiger partial charge in [-0.2, -0.15) is 0 Å². The number of pyridine rings is 1. The molecule has 0 atom stereocenters. The Bertz CT molecular complexity index is 261. The lowest BCUT2D eigenvalue weighted by atomic mass is 10.1. The Kier molecular flexibility index (Phi) is 1.73. The van der Waals surface area contributed by atoms with Crippen molar-refractivity contribution in [1.29, 1.82) is 0 Å². The molecule has 1 aromatic rings. The van der Waals surface area contributed by atoms with Crippen LogP contribution in [0.4, 0.5) is 0 Å². The molecule has 0 saturated carbocycles. The maximum Gasteiger partial charge on any atom is 0.0531 e. The van der Waals surface area contributed by atoms with E-state index < -0.39 is 0 Å². The fraction of sp³-hybridized carbons (Fsp3) is 0.222. The minimum atomic E-state index is 0.919. The fourth-order valence-corrected chi connectivity index (χ4v) is 0.912. The van der Waals surface area contributed by atoms with Crippen LogP contribution in [0.5, 0.6) is 0 Å². The zero-order valence-electron chi connectivity index (χ0n) is 6.18. The minimum Gasteiger partial charge on any atom is -0.260 e. The number of hydrogen-bond donors (Lipinski definition) is 0. The van der Waals surface area contributed by atoms with Gasteiger partial charge in [0, 0.05) is 11.8 Å². The van der Waals surface area contributed by atoms with Crippen molar-refractivity contribution in [2.24, 2.45) is 0 Å². The highest BCUT2D eigenvalue weighted by Gasteiger charge is 1.96. The average Bonchev–Trinajstić information content (AvgIpc) is 1.88. The summed E-state index contributed by atoms with van der Waals surface area (Å²) in [5, 5.41) is 0. The van der Waals surface area contributed by atoms with Crippen LogP contribution in [0, 0.1) is 26.2 Å². The van der Waals surface area contributed by atoms with Gasteiger partial charge >= 0.3 is 0 Å². The molecular formula is C9H9N. The van der Waals surface area contributed by atoms with Gasteiger partial charge in [0.05, 0.1) is 5.69 Å². The molecule has 50 valence electrons. The van der Waals surface area contributed by atoms with Crippen molar-refractivity contribution in [3.8, 4) is 12.3 Å². The predicted octanol–water partition coefficient (Wildman–Crippen LogP) is 1.68. The van der Waals surface area contributed by atoms with Crippen molar-refractivity contribution < 1.29 is 0 Å². The van der Waals surface area contributed by atoms with E-state index in [0.717, 1.165) is 16.8 Å². The summed E-state index contributed by atoms with van der Waals surface area (Å²) in [6.07, 6.45) is 7.03. The quantitative estimate of drug-likeness (QED) is 0.488. The third-order valence-electron chi connectivity index (χ3n) is 1.49. The topological polar surface area (TPSA) is 12.9 Å². The first kappa shape index (κ1) is 6.82. The molecule has 0 aliphatic heterocycles. The molecule has 0 aliphatic carbocycles. The molecule has 1 rings (SSSR count). The second-order valence-electron chi connectivity index (χ2n) is 2.23. The van der Waals surface area contributed by atoms with Crippen molar-refractivity contribution in [3.05, 3.63) is 29.1 Å². The molecule has 1 nitrogen and oxygen atoms in total. The Morgan fingerprint density at radius 2 is 2.20 bits per heavy atom. The summed E-state index contributed by atoms with van der Waals surface area (Å²) in [5.74, 6) is 2.60. The number of terminal acetylenes is 1. The average molecular weight is 131 g/mol. The van der Waals surface area contributed by atoms with Gasteiger partial charge in [-0.25, -0.2) is 0 Å². The zero-order valence-corrected chi connectivity index (χ0v) is 6.18. The van der Waals surface area contributed by atoms with E-state index in [-0.39, 0.29) is 0 Å². The van der Waals surface area contributed by atoms with Crippen LogP contribution < -0.4 is 0 Å². The maximum absolute atomic E-state index is 5.26. The van der Waals surface area contributed by atoms with Crippen molar-refractivity contribution in [3.63, 3.8) is 0 Å². The fourth-order valence-electron chi connectivity index (χ4n) is 0.912. The largest absolute Gasteiger partial charge is 0.260 e. The van der Waals surface area contributed by atoms with Crippen molar-refractivity contribution in [2.45, 2.75) is 13.8 Å². The maximum atomic E-state index is 5.26. The summed E-state index contributed by atoms with van der Waals surface area (Å²) in [4.78, 5) is 4.07. The van der Waals surface area contributed by atoms with E-state index in [1.807, 2.05) is 19.9 Å². The number of nitrogens with zero attached hydrogens (tertiary/aromatic N) is 1. The molecule has 1 aromatic heterocycles. The van der Waals surface area contributed by atoms with Crippen molar-refractivity contribution >= 4 is 0 Å². The molecule has 0 spiro atoms. The van der Waals surface area contributed by atoms with Crippen LogP contribution in [0.15, 0.2) is 12.3 Å². The molecule has 0 saturated heterocycles. The van der Waals surface area contributed by atoms with Gasteiger partial charge in [0.25, 0.3) is 0 Å². The molecule has 0 radical (unpaired) electrons. The van der Waals surface area contributed by atoms with E-state index in [4.69, 9.17) is 6.42 Å². The molecule has 1 heterocycles. The second-order valence-corrected chi connectivity index (χ2v) is 2.23. The lowest BCUT2D eigenvalue weighted by Crippen LogP contribution is -1.89. The van der Waals surface area contributed by atoms with E-state index >= 15 is 0 Å². The lowest BCUT2D eigenvalue weighted by molar-refractivity contribution is 1.16. The molecule has 0 N–H and O–H groups in total. The third kappa shape index (κ3) is 1.01. The van der Waals surface area contributed by atoms with Gasteiger partial charge in [-0.05, 0) is 25.5 Å². The molecule has 0 fully saturated rings. The highest BCUT2D eigenvalue weighted by Crippen LogP contribution is 2.07. The summed E-state index contributed by atoms with van der Waals surface area (Å²) in [6, 6.07) is 1.92. The van der Waals surface area contributed by atoms with Crippen LogP contribution >= 0.6 is 0 Å². The van der Waals surface area contributed by atoms with Crippen LogP contribution in [-0.4, -0.2) is 4.98 Å². The summed E-state index contributed by atoms with van der Waals surface area (Å²) < 4.78 is 0. The Labute approximate surface area is 61.1 Å². The molecular weight excluding hydrogens is 122 g/mol. The Hall–Kier alpha value is -1.29. The molecule has 0 unspecified atom stereocenters. The Morgan fingerprint density at radius 3 is 2.60 bits per heavy atom. The standard InChI is InChI=1S/C9H9N/c1-4-9-7(2)5-6-10-8(9)3/h1,5-6H,2-3H3. The Morgan fingerprint density at radius 1 is 1.50 bits per heavy atom. The van der Waals surface area contributed by atoms with Crippen molar-refractivity contribution in [2.75, 3.05) is 0 Å². The summed E-state index contributed by atoms with van der Waals surface area (Å²) >= 11 is 0. The van der Waals surface area contributed by atoms with Crippen molar-refractivity contribution in [1.82, 2.24) is 4.98 Å². The minimum absolute atomic E-state index is 0.919. The van der Waals surface area contributed by atoms with Crippen LogP contribution in [-0.2, 0) is 0 Å².